The highest BCUT2D eigenvalue weighted by Gasteiger charge is 2.18. The molecule has 1 fully saturated rings. The molecule has 5 nitrogen and oxygen atoms in total. The molecule has 0 atom stereocenters. The second kappa shape index (κ2) is 7.45. The first-order valence-corrected chi connectivity index (χ1v) is 9.35. The maximum absolute atomic E-state index is 6.49. The number of benzene rings is 1. The maximum Gasteiger partial charge on any atom is 0.138 e. The van der Waals surface area contributed by atoms with Gasteiger partial charge >= 0.3 is 0 Å². The molecule has 2 aromatic heterocycles. The van der Waals surface area contributed by atoms with Crippen molar-refractivity contribution < 1.29 is 4.74 Å². The van der Waals surface area contributed by atoms with Crippen LogP contribution in [0.2, 0.25) is 10.0 Å². The Morgan fingerprint density at radius 2 is 1.96 bits per heavy atom. The predicted octanol–water partition coefficient (Wildman–Crippen LogP) is 3.86. The number of hydrogen-bond acceptors (Lipinski definition) is 4. The molecule has 0 radical (unpaired) electrons. The Morgan fingerprint density at radius 3 is 2.69 bits per heavy atom. The first kappa shape index (κ1) is 17.6. The molecule has 3 heterocycles. The smallest absolute Gasteiger partial charge is 0.138 e. The van der Waals surface area contributed by atoms with Crippen molar-refractivity contribution in [3.63, 3.8) is 0 Å². The van der Waals surface area contributed by atoms with Crippen molar-refractivity contribution in [1.29, 1.82) is 0 Å². The Hall–Kier alpha value is -1.79. The largest absolute Gasteiger partial charge is 0.378 e. The SMILES string of the molecule is CNCc1cc2ncc(N3CCOCC3)n2cc1-c1ccc(Cl)cc1Cl. The standard InChI is InChI=1S/C19H20Cl2N4O/c1-22-10-13-8-18-23-11-19(24-4-6-26-7-5-24)25(18)12-16(13)15-3-2-14(20)9-17(15)21/h2-3,8-9,11-12,22H,4-7,10H2,1H3. The van der Waals surface area contributed by atoms with E-state index in [1.165, 1.54) is 0 Å². The maximum atomic E-state index is 6.49. The minimum Gasteiger partial charge on any atom is -0.378 e. The van der Waals surface area contributed by atoms with Gasteiger partial charge in [0.2, 0.25) is 0 Å². The number of halogens is 2. The van der Waals surface area contributed by atoms with Crippen LogP contribution >= 0.6 is 23.2 Å². The van der Waals surface area contributed by atoms with Gasteiger partial charge in [-0.25, -0.2) is 4.98 Å². The number of imidazole rings is 1. The van der Waals surface area contributed by atoms with Gasteiger partial charge in [-0.2, -0.15) is 0 Å². The second-order valence-corrected chi connectivity index (χ2v) is 7.15. The van der Waals surface area contributed by atoms with Gasteiger partial charge in [0.15, 0.2) is 0 Å². The number of nitrogens with one attached hydrogen (secondary N) is 1. The van der Waals surface area contributed by atoms with E-state index in [0.717, 1.165) is 61.0 Å². The minimum absolute atomic E-state index is 0.631. The van der Waals surface area contributed by atoms with Crippen molar-refractivity contribution in [2.24, 2.45) is 0 Å². The Balaban J connectivity index is 1.87. The van der Waals surface area contributed by atoms with Gasteiger partial charge in [0.1, 0.15) is 11.5 Å². The van der Waals surface area contributed by atoms with Crippen LogP contribution in [0.15, 0.2) is 36.7 Å². The van der Waals surface area contributed by atoms with E-state index in [4.69, 9.17) is 27.9 Å². The topological polar surface area (TPSA) is 41.8 Å². The Kier molecular flexibility index (Phi) is 5.05. The van der Waals surface area contributed by atoms with Crippen LogP contribution in [0.4, 0.5) is 5.82 Å². The van der Waals surface area contributed by atoms with E-state index in [2.05, 4.69) is 31.9 Å². The van der Waals surface area contributed by atoms with E-state index in [9.17, 15) is 0 Å². The van der Waals surface area contributed by atoms with Crippen molar-refractivity contribution >= 4 is 34.7 Å². The van der Waals surface area contributed by atoms with Gasteiger partial charge in [0.25, 0.3) is 0 Å². The third-order valence-corrected chi connectivity index (χ3v) is 5.18. The molecule has 26 heavy (non-hydrogen) atoms. The third-order valence-electron chi connectivity index (χ3n) is 4.64. The fourth-order valence-corrected chi connectivity index (χ4v) is 3.87. The molecule has 0 amide bonds. The van der Waals surface area contributed by atoms with Crippen molar-refractivity contribution in [3.05, 3.63) is 52.3 Å². The molecule has 1 N–H and O–H groups in total. The van der Waals surface area contributed by atoms with Crippen molar-refractivity contribution in [1.82, 2.24) is 14.7 Å². The van der Waals surface area contributed by atoms with Crippen LogP contribution in [0.1, 0.15) is 5.56 Å². The number of anilines is 1. The fraction of sp³-hybridized carbons (Fsp3) is 0.316. The van der Waals surface area contributed by atoms with Crippen LogP contribution in [-0.4, -0.2) is 42.7 Å². The number of ether oxygens (including phenoxy) is 1. The molecule has 0 spiro atoms. The van der Waals surface area contributed by atoms with Crippen LogP contribution in [0.3, 0.4) is 0 Å². The van der Waals surface area contributed by atoms with Gasteiger partial charge in [0.05, 0.1) is 19.4 Å². The van der Waals surface area contributed by atoms with Crippen LogP contribution in [-0.2, 0) is 11.3 Å². The van der Waals surface area contributed by atoms with Gasteiger partial charge in [-0.3, -0.25) is 4.40 Å². The van der Waals surface area contributed by atoms with E-state index in [1.807, 2.05) is 25.4 Å². The highest BCUT2D eigenvalue weighted by Crippen LogP contribution is 2.34. The van der Waals surface area contributed by atoms with E-state index in [1.54, 1.807) is 6.07 Å². The van der Waals surface area contributed by atoms with Gasteiger partial charge in [-0.1, -0.05) is 29.3 Å². The van der Waals surface area contributed by atoms with Crippen LogP contribution in [0.25, 0.3) is 16.8 Å². The average Bonchev–Trinajstić information content (AvgIpc) is 3.05. The quantitative estimate of drug-likeness (QED) is 0.734. The zero-order valence-corrected chi connectivity index (χ0v) is 16.0. The highest BCUT2D eigenvalue weighted by atomic mass is 35.5. The Labute approximate surface area is 162 Å². The number of fused-ring (bicyclic) bond motifs is 1. The average molecular weight is 391 g/mol. The lowest BCUT2D eigenvalue weighted by molar-refractivity contribution is 0.122. The monoisotopic (exact) mass is 390 g/mol. The molecular formula is C19H20Cl2N4O. The number of hydrogen-bond donors (Lipinski definition) is 1. The lowest BCUT2D eigenvalue weighted by Gasteiger charge is -2.28. The molecule has 1 aliphatic heterocycles. The summed E-state index contributed by atoms with van der Waals surface area (Å²) >= 11 is 12.6. The first-order chi connectivity index (χ1) is 12.7. The predicted molar refractivity (Wildman–Crippen MR) is 106 cm³/mol. The van der Waals surface area contributed by atoms with Crippen molar-refractivity contribution in [2.75, 3.05) is 38.3 Å². The molecule has 7 heteroatoms. The summed E-state index contributed by atoms with van der Waals surface area (Å²) in [7, 11) is 1.93. The second-order valence-electron chi connectivity index (χ2n) is 6.31. The number of aromatic nitrogens is 2. The number of rotatable bonds is 4. The third kappa shape index (κ3) is 3.28. The summed E-state index contributed by atoms with van der Waals surface area (Å²) in [5, 5.41) is 4.50. The van der Waals surface area contributed by atoms with E-state index in [-0.39, 0.29) is 0 Å². The summed E-state index contributed by atoms with van der Waals surface area (Å²) in [6.45, 7) is 3.93. The lowest BCUT2D eigenvalue weighted by atomic mass is 10.0. The molecule has 0 bridgehead atoms. The molecule has 1 aliphatic rings. The lowest BCUT2D eigenvalue weighted by Crippen LogP contribution is -2.36. The number of morpholine rings is 1. The van der Waals surface area contributed by atoms with Crippen LogP contribution in [0, 0.1) is 0 Å². The zero-order valence-electron chi connectivity index (χ0n) is 14.5. The Bertz CT molecular complexity index is 935. The molecule has 1 aromatic carbocycles. The molecule has 136 valence electrons. The summed E-state index contributed by atoms with van der Waals surface area (Å²) in [6, 6.07) is 7.73. The van der Waals surface area contributed by atoms with Crippen LogP contribution < -0.4 is 10.2 Å². The summed E-state index contributed by atoms with van der Waals surface area (Å²) in [5.41, 5.74) is 4.10. The van der Waals surface area contributed by atoms with E-state index in [0.29, 0.717) is 10.0 Å². The van der Waals surface area contributed by atoms with Gasteiger partial charge in [0, 0.05) is 47.0 Å². The fourth-order valence-electron chi connectivity index (χ4n) is 3.36. The van der Waals surface area contributed by atoms with E-state index >= 15 is 0 Å². The zero-order chi connectivity index (χ0) is 18.1. The highest BCUT2D eigenvalue weighted by molar-refractivity contribution is 6.36. The summed E-state index contributed by atoms with van der Waals surface area (Å²) < 4.78 is 7.60. The van der Waals surface area contributed by atoms with Gasteiger partial charge in [-0.05, 0) is 30.8 Å². The minimum atomic E-state index is 0.631. The number of pyridine rings is 1. The first-order valence-electron chi connectivity index (χ1n) is 8.60. The molecule has 0 saturated carbocycles. The molecule has 0 unspecified atom stereocenters. The molecule has 4 rings (SSSR count). The summed E-state index contributed by atoms with van der Waals surface area (Å²) in [5.74, 6) is 1.07. The number of nitrogens with zero attached hydrogens (tertiary/aromatic N) is 3. The molecule has 1 saturated heterocycles. The van der Waals surface area contributed by atoms with Gasteiger partial charge < -0.3 is 15.0 Å². The Morgan fingerprint density at radius 1 is 1.15 bits per heavy atom. The summed E-state index contributed by atoms with van der Waals surface area (Å²) in [4.78, 5) is 6.91. The van der Waals surface area contributed by atoms with Crippen molar-refractivity contribution in [2.45, 2.75) is 6.54 Å². The molecular weight excluding hydrogens is 371 g/mol. The molecule has 0 aliphatic carbocycles. The molecule has 3 aromatic rings. The van der Waals surface area contributed by atoms with Gasteiger partial charge in [-0.15, -0.1) is 0 Å². The van der Waals surface area contributed by atoms with Crippen LogP contribution in [0.5, 0.6) is 0 Å². The summed E-state index contributed by atoms with van der Waals surface area (Å²) in [6.07, 6.45) is 4.05. The van der Waals surface area contributed by atoms with E-state index < -0.39 is 0 Å². The van der Waals surface area contributed by atoms with Crippen molar-refractivity contribution in [3.8, 4) is 11.1 Å². The normalized spacial score (nSPS) is 15.0.